The number of carbonyl (C=O) groups excluding carboxylic acids is 1. The fourth-order valence-corrected chi connectivity index (χ4v) is 2.62. The van der Waals surface area contributed by atoms with Crippen LogP contribution in [0.1, 0.15) is 35.3 Å². The molecular weight excluding hydrogens is 310 g/mol. The molecule has 0 aliphatic carbocycles. The minimum atomic E-state index is -0.0560. The number of ketones is 1. The summed E-state index contributed by atoms with van der Waals surface area (Å²) in [6.45, 7) is 4.43. The maximum absolute atomic E-state index is 12.4. The van der Waals surface area contributed by atoms with Gasteiger partial charge in [0.25, 0.3) is 0 Å². The van der Waals surface area contributed by atoms with Gasteiger partial charge in [0.05, 0.1) is 0 Å². The van der Waals surface area contributed by atoms with E-state index in [0.717, 1.165) is 12.1 Å². The van der Waals surface area contributed by atoms with E-state index in [1.807, 2.05) is 6.07 Å². The summed E-state index contributed by atoms with van der Waals surface area (Å²) in [5.41, 5.74) is 3.47. The average molecular weight is 331 g/mol. The van der Waals surface area contributed by atoms with Gasteiger partial charge in [0.2, 0.25) is 0 Å². The standard InChI is InChI=1S/C21H21N3O/c1-15(2)13-16-3-6-19(7-4-16)24-20-8-5-18(14-23-20)21(25)17-9-11-22-12-10-17/h3-12,14-15H,13H2,1-2H3,(H,23,24). The van der Waals surface area contributed by atoms with Gasteiger partial charge in [-0.1, -0.05) is 26.0 Å². The van der Waals surface area contributed by atoms with E-state index in [4.69, 9.17) is 0 Å². The highest BCUT2D eigenvalue weighted by atomic mass is 16.1. The Morgan fingerprint density at radius 1 is 0.960 bits per heavy atom. The van der Waals surface area contributed by atoms with Crippen LogP contribution in [-0.2, 0) is 6.42 Å². The van der Waals surface area contributed by atoms with Crippen LogP contribution >= 0.6 is 0 Å². The smallest absolute Gasteiger partial charge is 0.194 e. The normalized spacial score (nSPS) is 10.7. The number of pyridine rings is 2. The molecule has 0 bridgehead atoms. The Labute approximate surface area is 148 Å². The summed E-state index contributed by atoms with van der Waals surface area (Å²) in [7, 11) is 0. The fourth-order valence-electron chi connectivity index (χ4n) is 2.62. The van der Waals surface area contributed by atoms with Crippen LogP contribution in [0.3, 0.4) is 0 Å². The van der Waals surface area contributed by atoms with Crippen LogP contribution in [0.15, 0.2) is 67.1 Å². The van der Waals surface area contributed by atoms with E-state index in [1.165, 1.54) is 5.56 Å². The van der Waals surface area contributed by atoms with Crippen molar-refractivity contribution in [3.05, 3.63) is 83.8 Å². The molecule has 25 heavy (non-hydrogen) atoms. The number of carbonyl (C=O) groups is 1. The fraction of sp³-hybridized carbons (Fsp3) is 0.190. The van der Waals surface area contributed by atoms with Gasteiger partial charge < -0.3 is 5.32 Å². The van der Waals surface area contributed by atoms with Gasteiger partial charge in [-0.2, -0.15) is 0 Å². The van der Waals surface area contributed by atoms with Gasteiger partial charge in [0, 0.05) is 35.4 Å². The Kier molecular flexibility index (Phi) is 5.19. The molecule has 0 unspecified atom stereocenters. The lowest BCUT2D eigenvalue weighted by atomic mass is 10.0. The van der Waals surface area contributed by atoms with Gasteiger partial charge in [-0.3, -0.25) is 9.78 Å². The van der Waals surface area contributed by atoms with E-state index in [0.29, 0.717) is 22.9 Å². The molecule has 1 N–H and O–H groups in total. The van der Waals surface area contributed by atoms with Gasteiger partial charge in [-0.25, -0.2) is 4.98 Å². The van der Waals surface area contributed by atoms with Crippen molar-refractivity contribution in [3.8, 4) is 0 Å². The first-order valence-corrected chi connectivity index (χ1v) is 8.38. The first-order valence-electron chi connectivity index (χ1n) is 8.38. The second-order valence-electron chi connectivity index (χ2n) is 6.42. The minimum Gasteiger partial charge on any atom is -0.340 e. The van der Waals surface area contributed by atoms with Crippen molar-refractivity contribution in [2.24, 2.45) is 5.92 Å². The van der Waals surface area contributed by atoms with Crippen LogP contribution in [0.2, 0.25) is 0 Å². The van der Waals surface area contributed by atoms with Crippen molar-refractivity contribution >= 4 is 17.3 Å². The van der Waals surface area contributed by atoms with Crippen LogP contribution in [-0.4, -0.2) is 15.8 Å². The highest BCUT2D eigenvalue weighted by Gasteiger charge is 2.09. The molecule has 0 radical (unpaired) electrons. The summed E-state index contributed by atoms with van der Waals surface area (Å²) in [4.78, 5) is 20.6. The summed E-state index contributed by atoms with van der Waals surface area (Å²) < 4.78 is 0. The molecule has 3 rings (SSSR count). The second kappa shape index (κ2) is 7.71. The SMILES string of the molecule is CC(C)Cc1ccc(Nc2ccc(C(=O)c3ccncc3)cn2)cc1. The molecule has 2 aromatic heterocycles. The zero-order valence-electron chi connectivity index (χ0n) is 14.4. The van der Waals surface area contributed by atoms with Crippen LogP contribution in [0, 0.1) is 5.92 Å². The Hall–Kier alpha value is -3.01. The molecule has 0 atom stereocenters. The third-order valence-corrected chi connectivity index (χ3v) is 3.84. The highest BCUT2D eigenvalue weighted by Crippen LogP contribution is 2.18. The Balaban J connectivity index is 1.67. The van der Waals surface area contributed by atoms with Crippen molar-refractivity contribution in [2.45, 2.75) is 20.3 Å². The Bertz CT molecular complexity index is 825. The quantitative estimate of drug-likeness (QED) is 0.668. The number of nitrogens with zero attached hydrogens (tertiary/aromatic N) is 2. The zero-order chi connectivity index (χ0) is 17.6. The predicted molar refractivity (Wildman–Crippen MR) is 100 cm³/mol. The highest BCUT2D eigenvalue weighted by molar-refractivity contribution is 6.08. The number of anilines is 2. The van der Waals surface area contributed by atoms with Crippen molar-refractivity contribution in [1.82, 2.24) is 9.97 Å². The van der Waals surface area contributed by atoms with E-state index < -0.39 is 0 Å². The van der Waals surface area contributed by atoms with Gasteiger partial charge in [-0.15, -0.1) is 0 Å². The Morgan fingerprint density at radius 2 is 1.68 bits per heavy atom. The number of rotatable bonds is 6. The molecule has 0 saturated carbocycles. The summed E-state index contributed by atoms with van der Waals surface area (Å²) >= 11 is 0. The minimum absolute atomic E-state index is 0.0560. The zero-order valence-corrected chi connectivity index (χ0v) is 14.4. The molecule has 0 aliphatic rings. The third kappa shape index (κ3) is 4.51. The maximum atomic E-state index is 12.4. The van der Waals surface area contributed by atoms with Crippen molar-refractivity contribution in [1.29, 1.82) is 0 Å². The first-order chi connectivity index (χ1) is 12.1. The predicted octanol–water partition coefficient (Wildman–Crippen LogP) is 4.65. The summed E-state index contributed by atoms with van der Waals surface area (Å²) in [5.74, 6) is 1.30. The average Bonchev–Trinajstić information content (AvgIpc) is 2.64. The topological polar surface area (TPSA) is 54.9 Å². The molecular formula is C21H21N3O. The molecule has 126 valence electrons. The lowest BCUT2D eigenvalue weighted by Gasteiger charge is -2.09. The molecule has 0 fully saturated rings. The summed E-state index contributed by atoms with van der Waals surface area (Å²) in [5, 5.41) is 3.26. The number of aromatic nitrogens is 2. The number of nitrogens with one attached hydrogen (secondary N) is 1. The molecule has 4 nitrogen and oxygen atoms in total. The molecule has 4 heteroatoms. The number of hydrogen-bond acceptors (Lipinski definition) is 4. The second-order valence-corrected chi connectivity index (χ2v) is 6.42. The molecule has 0 saturated heterocycles. The first kappa shape index (κ1) is 16.8. The largest absolute Gasteiger partial charge is 0.340 e. The van der Waals surface area contributed by atoms with E-state index in [9.17, 15) is 4.79 Å². The summed E-state index contributed by atoms with van der Waals surface area (Å²) in [6, 6.07) is 15.4. The van der Waals surface area contributed by atoms with Gasteiger partial charge in [-0.05, 0) is 54.3 Å². The maximum Gasteiger partial charge on any atom is 0.194 e. The van der Waals surface area contributed by atoms with Crippen LogP contribution in [0.25, 0.3) is 0 Å². The Morgan fingerprint density at radius 3 is 2.28 bits per heavy atom. The van der Waals surface area contributed by atoms with Gasteiger partial charge in [0.15, 0.2) is 5.78 Å². The third-order valence-electron chi connectivity index (χ3n) is 3.84. The molecule has 3 aromatic rings. The summed E-state index contributed by atoms with van der Waals surface area (Å²) in [6.07, 6.45) is 5.89. The van der Waals surface area contributed by atoms with Crippen LogP contribution in [0.5, 0.6) is 0 Å². The van der Waals surface area contributed by atoms with E-state index in [1.54, 1.807) is 36.8 Å². The van der Waals surface area contributed by atoms with Gasteiger partial charge in [0.1, 0.15) is 5.82 Å². The van der Waals surface area contributed by atoms with Crippen molar-refractivity contribution in [2.75, 3.05) is 5.32 Å². The van der Waals surface area contributed by atoms with Crippen LogP contribution in [0.4, 0.5) is 11.5 Å². The number of hydrogen-bond donors (Lipinski definition) is 1. The lowest BCUT2D eigenvalue weighted by molar-refractivity contribution is 0.103. The monoisotopic (exact) mass is 331 g/mol. The van der Waals surface area contributed by atoms with Crippen LogP contribution < -0.4 is 5.32 Å². The lowest BCUT2D eigenvalue weighted by Crippen LogP contribution is -2.03. The van der Waals surface area contributed by atoms with Crippen molar-refractivity contribution in [3.63, 3.8) is 0 Å². The molecule has 1 aromatic carbocycles. The van der Waals surface area contributed by atoms with E-state index in [2.05, 4.69) is 53.4 Å². The number of benzene rings is 1. The molecule has 2 heterocycles. The van der Waals surface area contributed by atoms with Gasteiger partial charge >= 0.3 is 0 Å². The van der Waals surface area contributed by atoms with E-state index in [-0.39, 0.29) is 5.78 Å². The molecule has 0 spiro atoms. The molecule has 0 amide bonds. The molecule has 0 aliphatic heterocycles. The van der Waals surface area contributed by atoms with E-state index >= 15 is 0 Å². The van der Waals surface area contributed by atoms with Crippen molar-refractivity contribution < 1.29 is 4.79 Å².